The van der Waals surface area contributed by atoms with Crippen molar-refractivity contribution in [3.05, 3.63) is 51.0 Å². The van der Waals surface area contributed by atoms with Crippen LogP contribution in [0, 0.1) is 20.8 Å². The zero-order chi connectivity index (χ0) is 13.8. The van der Waals surface area contributed by atoms with Crippen molar-refractivity contribution in [1.82, 2.24) is 10.3 Å². The lowest BCUT2D eigenvalue weighted by molar-refractivity contribution is 0.600. The Morgan fingerprint density at radius 3 is 2.68 bits per heavy atom. The van der Waals surface area contributed by atoms with Crippen molar-refractivity contribution in [3.63, 3.8) is 0 Å². The fourth-order valence-corrected chi connectivity index (χ4v) is 3.20. The summed E-state index contributed by atoms with van der Waals surface area (Å²) in [5.41, 5.74) is 7.18. The Balaban J connectivity index is 2.43. The van der Waals surface area contributed by atoms with E-state index in [2.05, 4.69) is 56.2 Å². The monoisotopic (exact) mass is 274 g/mol. The Hall–Kier alpha value is -1.19. The van der Waals surface area contributed by atoms with Gasteiger partial charge in [0.25, 0.3) is 0 Å². The van der Waals surface area contributed by atoms with E-state index in [0.717, 1.165) is 18.7 Å². The van der Waals surface area contributed by atoms with Crippen molar-refractivity contribution in [2.24, 2.45) is 0 Å². The molecular weight excluding hydrogens is 252 g/mol. The van der Waals surface area contributed by atoms with Crippen LogP contribution in [0.25, 0.3) is 0 Å². The van der Waals surface area contributed by atoms with E-state index >= 15 is 0 Å². The van der Waals surface area contributed by atoms with Crippen molar-refractivity contribution in [2.75, 3.05) is 6.54 Å². The first-order chi connectivity index (χ1) is 9.15. The van der Waals surface area contributed by atoms with E-state index in [4.69, 9.17) is 0 Å². The van der Waals surface area contributed by atoms with Gasteiger partial charge in [-0.15, -0.1) is 11.3 Å². The maximum atomic E-state index is 4.40. The number of nitrogens with zero attached hydrogens (tertiary/aromatic N) is 1. The number of aromatic nitrogens is 1. The highest BCUT2D eigenvalue weighted by molar-refractivity contribution is 7.09. The molecule has 0 spiro atoms. The minimum absolute atomic E-state index is 0.271. The summed E-state index contributed by atoms with van der Waals surface area (Å²) in [6.07, 6.45) is 1.14. The lowest BCUT2D eigenvalue weighted by Crippen LogP contribution is -2.24. The molecule has 19 heavy (non-hydrogen) atoms. The number of hydrogen-bond donors (Lipinski definition) is 1. The predicted octanol–water partition coefficient (Wildman–Crippen LogP) is 4.16. The molecule has 102 valence electrons. The molecule has 0 radical (unpaired) electrons. The number of nitrogens with one attached hydrogen (secondary N) is 1. The average molecular weight is 274 g/mol. The molecule has 1 unspecified atom stereocenters. The summed E-state index contributed by atoms with van der Waals surface area (Å²) in [6, 6.07) is 6.82. The summed E-state index contributed by atoms with van der Waals surface area (Å²) in [4.78, 5) is 5.74. The molecule has 0 aliphatic carbocycles. The van der Waals surface area contributed by atoms with Gasteiger partial charge in [-0.1, -0.05) is 25.1 Å². The Bertz CT molecular complexity index is 545. The molecule has 1 heterocycles. The second-order valence-corrected chi connectivity index (χ2v) is 5.86. The minimum Gasteiger partial charge on any atom is -0.306 e. The normalized spacial score (nSPS) is 12.6. The summed E-state index contributed by atoms with van der Waals surface area (Å²) in [5.74, 6) is 0. The molecular formula is C16H22N2S. The van der Waals surface area contributed by atoms with Crippen LogP contribution in [-0.2, 0) is 0 Å². The van der Waals surface area contributed by atoms with Gasteiger partial charge in [0, 0.05) is 4.88 Å². The molecule has 2 aromatic rings. The number of thiazole rings is 1. The molecule has 0 amide bonds. The number of aryl methyl sites for hydroxylation is 2. The van der Waals surface area contributed by atoms with Gasteiger partial charge in [0.05, 0.1) is 17.2 Å². The zero-order valence-electron chi connectivity index (χ0n) is 12.2. The third-order valence-electron chi connectivity index (χ3n) is 3.60. The largest absolute Gasteiger partial charge is 0.306 e. The van der Waals surface area contributed by atoms with Gasteiger partial charge in [-0.2, -0.15) is 0 Å². The molecule has 1 aromatic heterocycles. The van der Waals surface area contributed by atoms with E-state index in [-0.39, 0.29) is 6.04 Å². The van der Waals surface area contributed by atoms with E-state index < -0.39 is 0 Å². The molecule has 1 atom stereocenters. The number of benzene rings is 1. The number of rotatable bonds is 5. The Morgan fingerprint density at radius 1 is 1.26 bits per heavy atom. The van der Waals surface area contributed by atoms with Crippen molar-refractivity contribution >= 4 is 11.3 Å². The van der Waals surface area contributed by atoms with Crippen LogP contribution >= 0.6 is 11.3 Å². The average Bonchev–Trinajstić information content (AvgIpc) is 2.81. The van der Waals surface area contributed by atoms with Gasteiger partial charge >= 0.3 is 0 Å². The van der Waals surface area contributed by atoms with Crippen molar-refractivity contribution < 1.29 is 0 Å². The molecule has 1 N–H and O–H groups in total. The lowest BCUT2D eigenvalue weighted by atomic mass is 9.96. The molecule has 2 rings (SSSR count). The summed E-state index contributed by atoms with van der Waals surface area (Å²) in [6.45, 7) is 9.70. The smallest absolute Gasteiger partial charge is 0.0798 e. The topological polar surface area (TPSA) is 24.9 Å². The highest BCUT2D eigenvalue weighted by atomic mass is 32.1. The van der Waals surface area contributed by atoms with Crippen LogP contribution in [0.1, 0.15) is 46.6 Å². The fourth-order valence-electron chi connectivity index (χ4n) is 2.31. The summed E-state index contributed by atoms with van der Waals surface area (Å²) in [5, 5.41) is 3.67. The Kier molecular flexibility index (Phi) is 4.72. The molecule has 2 nitrogen and oxygen atoms in total. The van der Waals surface area contributed by atoms with E-state index in [1.165, 1.54) is 21.6 Å². The maximum Gasteiger partial charge on any atom is 0.0798 e. The van der Waals surface area contributed by atoms with Gasteiger partial charge in [0.1, 0.15) is 0 Å². The second-order valence-electron chi connectivity index (χ2n) is 4.98. The van der Waals surface area contributed by atoms with Crippen molar-refractivity contribution in [3.8, 4) is 0 Å². The minimum atomic E-state index is 0.271. The summed E-state index contributed by atoms with van der Waals surface area (Å²) in [7, 11) is 0. The van der Waals surface area contributed by atoms with Gasteiger partial charge in [-0.3, -0.25) is 0 Å². The van der Waals surface area contributed by atoms with Crippen molar-refractivity contribution in [2.45, 2.75) is 40.2 Å². The highest BCUT2D eigenvalue weighted by Crippen LogP contribution is 2.30. The second kappa shape index (κ2) is 6.31. The first kappa shape index (κ1) is 14.2. The quantitative estimate of drug-likeness (QED) is 0.885. The summed E-state index contributed by atoms with van der Waals surface area (Å²) < 4.78 is 0. The Morgan fingerprint density at radius 2 is 2.05 bits per heavy atom. The predicted molar refractivity (Wildman–Crippen MR) is 82.9 cm³/mol. The van der Waals surface area contributed by atoms with Crippen molar-refractivity contribution in [1.29, 1.82) is 0 Å². The van der Waals surface area contributed by atoms with Crippen LogP contribution in [0.15, 0.2) is 23.7 Å². The van der Waals surface area contributed by atoms with Gasteiger partial charge < -0.3 is 5.32 Å². The first-order valence-corrected chi connectivity index (χ1v) is 7.72. The fraction of sp³-hybridized carbons (Fsp3) is 0.438. The van der Waals surface area contributed by atoms with Crippen LogP contribution < -0.4 is 5.32 Å². The zero-order valence-corrected chi connectivity index (χ0v) is 13.0. The lowest BCUT2D eigenvalue weighted by Gasteiger charge is -2.21. The highest BCUT2D eigenvalue weighted by Gasteiger charge is 2.19. The van der Waals surface area contributed by atoms with Crippen LogP contribution in [0.3, 0.4) is 0 Å². The molecule has 0 aliphatic rings. The molecule has 0 fully saturated rings. The molecule has 0 bridgehead atoms. The van der Waals surface area contributed by atoms with Gasteiger partial charge in [0.15, 0.2) is 0 Å². The third kappa shape index (κ3) is 3.04. The molecule has 3 heteroatoms. The molecule has 0 saturated heterocycles. The maximum absolute atomic E-state index is 4.40. The van der Waals surface area contributed by atoms with Crippen LogP contribution in [0.4, 0.5) is 0 Å². The van der Waals surface area contributed by atoms with Crippen LogP contribution in [0.5, 0.6) is 0 Å². The molecule has 0 saturated carbocycles. The number of hydrogen-bond acceptors (Lipinski definition) is 3. The van der Waals surface area contributed by atoms with E-state index in [9.17, 15) is 0 Å². The van der Waals surface area contributed by atoms with E-state index in [0.29, 0.717) is 0 Å². The summed E-state index contributed by atoms with van der Waals surface area (Å²) >= 11 is 1.74. The van der Waals surface area contributed by atoms with Crippen LogP contribution in [0.2, 0.25) is 0 Å². The SMILES string of the molecule is CCCNC(c1cccc(C)c1C)c1scnc1C. The van der Waals surface area contributed by atoms with Gasteiger partial charge in [-0.05, 0) is 50.4 Å². The van der Waals surface area contributed by atoms with E-state index in [1.54, 1.807) is 11.3 Å². The van der Waals surface area contributed by atoms with Crippen LogP contribution in [-0.4, -0.2) is 11.5 Å². The van der Waals surface area contributed by atoms with E-state index in [1.807, 2.05) is 5.51 Å². The molecule has 1 aromatic carbocycles. The standard InChI is InChI=1S/C16H22N2S/c1-5-9-17-15(16-13(4)18-10-19-16)14-8-6-7-11(2)12(14)3/h6-8,10,15,17H,5,9H2,1-4H3. The third-order valence-corrected chi connectivity index (χ3v) is 4.60. The van der Waals surface area contributed by atoms with Gasteiger partial charge in [-0.25, -0.2) is 4.98 Å². The Labute approximate surface area is 119 Å². The van der Waals surface area contributed by atoms with Gasteiger partial charge in [0.2, 0.25) is 0 Å². The molecule has 0 aliphatic heterocycles. The first-order valence-electron chi connectivity index (χ1n) is 6.84.